The van der Waals surface area contributed by atoms with Gasteiger partial charge in [0.05, 0.1) is 6.61 Å². The molecule has 1 saturated heterocycles. The molecule has 1 fully saturated rings. The van der Waals surface area contributed by atoms with E-state index in [0.29, 0.717) is 12.1 Å². The Balaban J connectivity index is 1.83. The van der Waals surface area contributed by atoms with Gasteiger partial charge in [-0.15, -0.1) is 0 Å². The number of halogens is 1. The van der Waals surface area contributed by atoms with Crippen molar-refractivity contribution in [2.24, 2.45) is 0 Å². The number of nitrogens with zero attached hydrogens (tertiary/aromatic N) is 1. The van der Waals surface area contributed by atoms with Gasteiger partial charge >= 0.3 is 0 Å². The largest absolute Gasteiger partial charge is 0.383 e. The molecule has 0 radical (unpaired) electrons. The molecular weight excluding hydrogens is 272 g/mol. The van der Waals surface area contributed by atoms with Gasteiger partial charge in [0.25, 0.3) is 0 Å². The van der Waals surface area contributed by atoms with E-state index in [1.165, 1.54) is 12.0 Å². The average molecular weight is 297 g/mol. The topological polar surface area (TPSA) is 24.5 Å². The van der Waals surface area contributed by atoms with Crippen LogP contribution in [0.3, 0.4) is 0 Å². The summed E-state index contributed by atoms with van der Waals surface area (Å²) in [5.74, 6) is 0. The lowest BCUT2D eigenvalue weighted by Crippen LogP contribution is -2.38. The minimum atomic E-state index is 0.567. The molecule has 0 amide bonds. The molecule has 3 nitrogen and oxygen atoms in total. The molecule has 0 bridgehead atoms. The number of nitrogens with one attached hydrogen (secondary N) is 1. The molecule has 0 aromatic heterocycles. The molecule has 112 valence electrons. The predicted octanol–water partition coefficient (Wildman–Crippen LogP) is 2.58. The lowest BCUT2D eigenvalue weighted by Gasteiger charge is -2.26. The van der Waals surface area contributed by atoms with Crippen molar-refractivity contribution in [3.63, 3.8) is 0 Å². The number of ether oxygens (including phenoxy) is 1. The van der Waals surface area contributed by atoms with E-state index >= 15 is 0 Å². The van der Waals surface area contributed by atoms with Crippen LogP contribution in [0.25, 0.3) is 0 Å². The van der Waals surface area contributed by atoms with Crippen molar-refractivity contribution in [3.8, 4) is 0 Å². The van der Waals surface area contributed by atoms with Crippen LogP contribution in [0, 0.1) is 0 Å². The molecule has 1 aliphatic rings. The molecular formula is C16H25ClN2O. The predicted molar refractivity (Wildman–Crippen MR) is 84.5 cm³/mol. The molecule has 1 aliphatic heterocycles. The number of rotatable bonds is 7. The fraction of sp³-hybridized carbons (Fsp3) is 0.625. The first-order valence-electron chi connectivity index (χ1n) is 7.43. The Bertz CT molecular complexity index is 396. The summed E-state index contributed by atoms with van der Waals surface area (Å²) in [4.78, 5) is 2.51. The van der Waals surface area contributed by atoms with Crippen LogP contribution in [0.4, 0.5) is 0 Å². The molecule has 1 aromatic carbocycles. The Kier molecular flexibility index (Phi) is 6.30. The summed E-state index contributed by atoms with van der Waals surface area (Å²) >= 11 is 5.93. The van der Waals surface area contributed by atoms with Gasteiger partial charge in [0.2, 0.25) is 0 Å². The molecule has 0 spiro atoms. The van der Waals surface area contributed by atoms with Gasteiger partial charge < -0.3 is 10.1 Å². The third kappa shape index (κ3) is 4.45. The van der Waals surface area contributed by atoms with E-state index in [0.717, 1.165) is 37.7 Å². The Morgan fingerprint density at radius 1 is 1.35 bits per heavy atom. The molecule has 4 heteroatoms. The zero-order chi connectivity index (χ0) is 14.4. The van der Waals surface area contributed by atoms with Crippen molar-refractivity contribution in [2.75, 3.05) is 33.4 Å². The van der Waals surface area contributed by atoms with Gasteiger partial charge in [0.15, 0.2) is 0 Å². The van der Waals surface area contributed by atoms with Gasteiger partial charge in [0.1, 0.15) is 0 Å². The number of methoxy groups -OCH3 is 1. The van der Waals surface area contributed by atoms with Crippen molar-refractivity contribution in [1.29, 1.82) is 0 Å². The van der Waals surface area contributed by atoms with Gasteiger partial charge in [-0.1, -0.05) is 30.7 Å². The minimum Gasteiger partial charge on any atom is -0.383 e. The fourth-order valence-electron chi connectivity index (χ4n) is 2.94. The van der Waals surface area contributed by atoms with E-state index < -0.39 is 0 Å². The second-order valence-electron chi connectivity index (χ2n) is 5.45. The van der Waals surface area contributed by atoms with Crippen LogP contribution in [-0.2, 0) is 11.2 Å². The van der Waals surface area contributed by atoms with E-state index in [2.05, 4.69) is 29.3 Å². The zero-order valence-corrected chi connectivity index (χ0v) is 13.2. The molecule has 2 atom stereocenters. The number of hydrogen-bond donors (Lipinski definition) is 1. The third-order valence-electron chi connectivity index (χ3n) is 4.10. The molecule has 2 unspecified atom stereocenters. The highest BCUT2D eigenvalue weighted by atomic mass is 35.5. The van der Waals surface area contributed by atoms with Gasteiger partial charge in [-0.25, -0.2) is 0 Å². The van der Waals surface area contributed by atoms with Crippen LogP contribution in [0.2, 0.25) is 5.02 Å². The van der Waals surface area contributed by atoms with Gasteiger partial charge in [-0.05, 0) is 37.1 Å². The first-order valence-corrected chi connectivity index (χ1v) is 7.81. The number of likely N-dealkylation sites (N-methyl/N-ethyl adjacent to an activating group) is 1. The zero-order valence-electron chi connectivity index (χ0n) is 12.4. The number of benzene rings is 1. The normalized spacial score (nSPS) is 22.6. The highest BCUT2D eigenvalue weighted by Gasteiger charge is 2.27. The maximum Gasteiger partial charge on any atom is 0.0589 e. The summed E-state index contributed by atoms with van der Waals surface area (Å²) in [5.41, 5.74) is 1.35. The van der Waals surface area contributed by atoms with Gasteiger partial charge in [0, 0.05) is 37.3 Å². The maximum absolute atomic E-state index is 5.93. The monoisotopic (exact) mass is 296 g/mol. The molecule has 2 rings (SSSR count). The summed E-state index contributed by atoms with van der Waals surface area (Å²) in [5, 5.41) is 4.45. The second-order valence-corrected chi connectivity index (χ2v) is 5.88. The molecule has 1 heterocycles. The first-order chi connectivity index (χ1) is 9.72. The van der Waals surface area contributed by atoms with E-state index in [-0.39, 0.29) is 0 Å². The summed E-state index contributed by atoms with van der Waals surface area (Å²) in [6, 6.07) is 9.39. The highest BCUT2D eigenvalue weighted by molar-refractivity contribution is 6.30. The Labute approximate surface area is 127 Å². The lowest BCUT2D eigenvalue weighted by atomic mass is 10.0. The van der Waals surface area contributed by atoms with E-state index in [9.17, 15) is 0 Å². The van der Waals surface area contributed by atoms with Crippen molar-refractivity contribution in [1.82, 2.24) is 10.2 Å². The van der Waals surface area contributed by atoms with Gasteiger partial charge in [-0.2, -0.15) is 0 Å². The molecule has 1 aromatic rings. The number of hydrogen-bond acceptors (Lipinski definition) is 3. The summed E-state index contributed by atoms with van der Waals surface area (Å²) in [6.45, 7) is 6.22. The van der Waals surface area contributed by atoms with E-state index in [4.69, 9.17) is 16.3 Å². The smallest absolute Gasteiger partial charge is 0.0589 e. The van der Waals surface area contributed by atoms with E-state index in [1.807, 2.05) is 12.1 Å². The Morgan fingerprint density at radius 2 is 2.10 bits per heavy atom. The highest BCUT2D eigenvalue weighted by Crippen LogP contribution is 2.18. The van der Waals surface area contributed by atoms with Crippen LogP contribution in [0.5, 0.6) is 0 Å². The van der Waals surface area contributed by atoms with Crippen LogP contribution >= 0.6 is 11.6 Å². The van der Waals surface area contributed by atoms with Crippen molar-refractivity contribution in [2.45, 2.75) is 31.8 Å². The lowest BCUT2D eigenvalue weighted by molar-refractivity contribution is 0.128. The molecule has 0 saturated carbocycles. The van der Waals surface area contributed by atoms with E-state index in [1.54, 1.807) is 7.11 Å². The quantitative estimate of drug-likeness (QED) is 0.837. The Hall–Kier alpha value is -0.610. The van der Waals surface area contributed by atoms with Crippen molar-refractivity contribution >= 4 is 11.6 Å². The average Bonchev–Trinajstić information content (AvgIpc) is 2.91. The van der Waals surface area contributed by atoms with Crippen LogP contribution in [0.1, 0.15) is 18.9 Å². The van der Waals surface area contributed by atoms with Crippen LogP contribution in [-0.4, -0.2) is 50.3 Å². The maximum atomic E-state index is 5.93. The van der Waals surface area contributed by atoms with Crippen molar-refractivity contribution < 1.29 is 4.74 Å². The summed E-state index contributed by atoms with van der Waals surface area (Å²) in [6.07, 6.45) is 2.29. The SMILES string of the molecule is CCN(CCOC)C1CNC(Cc2ccc(Cl)cc2)C1. The Morgan fingerprint density at radius 3 is 2.75 bits per heavy atom. The standard InChI is InChI=1S/C16H25ClN2O/c1-3-19(8-9-20-2)16-11-15(18-12-16)10-13-4-6-14(17)7-5-13/h4-7,15-16,18H,3,8-12H2,1-2H3. The van der Waals surface area contributed by atoms with Gasteiger partial charge in [-0.3, -0.25) is 4.90 Å². The summed E-state index contributed by atoms with van der Waals surface area (Å²) < 4.78 is 5.19. The fourth-order valence-corrected chi connectivity index (χ4v) is 3.07. The van der Waals surface area contributed by atoms with Crippen molar-refractivity contribution in [3.05, 3.63) is 34.9 Å². The second kappa shape index (κ2) is 7.99. The molecule has 20 heavy (non-hydrogen) atoms. The first kappa shape index (κ1) is 15.8. The van der Waals surface area contributed by atoms with Crippen LogP contribution in [0.15, 0.2) is 24.3 Å². The summed E-state index contributed by atoms with van der Waals surface area (Å²) in [7, 11) is 1.77. The third-order valence-corrected chi connectivity index (χ3v) is 4.35. The molecule has 1 N–H and O–H groups in total. The minimum absolute atomic E-state index is 0.567. The molecule has 0 aliphatic carbocycles. The van der Waals surface area contributed by atoms with Crippen LogP contribution < -0.4 is 5.32 Å².